The Hall–Kier alpha value is -1.54. The molecule has 3 heteroatoms. The first-order valence-corrected chi connectivity index (χ1v) is 6.35. The summed E-state index contributed by atoms with van der Waals surface area (Å²) in [5, 5.41) is 0.435. The minimum absolute atomic E-state index is 0.435. The van der Waals surface area contributed by atoms with Crippen molar-refractivity contribution in [1.82, 2.24) is 4.98 Å². The van der Waals surface area contributed by atoms with Crippen LogP contribution in [0.4, 0.5) is 0 Å². The fraction of sp³-hybridized carbons (Fsp3) is 0.267. The molecule has 0 aliphatic heterocycles. The minimum atomic E-state index is 0.435. The van der Waals surface area contributed by atoms with Crippen molar-refractivity contribution in [3.05, 3.63) is 52.7 Å². The summed E-state index contributed by atoms with van der Waals surface area (Å²) in [5.41, 5.74) is 2.33. The highest BCUT2D eigenvalue weighted by Crippen LogP contribution is 2.28. The van der Waals surface area contributed by atoms with E-state index in [9.17, 15) is 0 Å². The second kappa shape index (κ2) is 5.40. The van der Waals surface area contributed by atoms with Crippen molar-refractivity contribution < 1.29 is 4.74 Å². The molecule has 0 N–H and O–H groups in total. The van der Waals surface area contributed by atoms with Gasteiger partial charge in [0.25, 0.3) is 0 Å². The fourth-order valence-corrected chi connectivity index (χ4v) is 1.80. The van der Waals surface area contributed by atoms with Gasteiger partial charge in [-0.25, -0.2) is 4.98 Å². The molecule has 0 fully saturated rings. The third kappa shape index (κ3) is 3.02. The predicted molar refractivity (Wildman–Crippen MR) is 74.6 cm³/mol. The second-order valence-electron chi connectivity index (χ2n) is 4.58. The standard InChI is InChI=1S/C15H16ClNO/c1-10(2)12-8-7-11(3)13(9-12)18-15-6-4-5-14(16)17-15/h4-10H,1-3H3. The summed E-state index contributed by atoms with van der Waals surface area (Å²) in [7, 11) is 0. The molecule has 0 saturated heterocycles. The van der Waals surface area contributed by atoms with E-state index in [0.29, 0.717) is 17.0 Å². The van der Waals surface area contributed by atoms with Crippen molar-refractivity contribution in [2.75, 3.05) is 0 Å². The van der Waals surface area contributed by atoms with Crippen molar-refractivity contribution in [3.8, 4) is 11.6 Å². The number of rotatable bonds is 3. The molecule has 2 nitrogen and oxygen atoms in total. The monoisotopic (exact) mass is 261 g/mol. The van der Waals surface area contributed by atoms with Gasteiger partial charge in [0.05, 0.1) is 0 Å². The first-order valence-electron chi connectivity index (χ1n) is 5.97. The van der Waals surface area contributed by atoms with Gasteiger partial charge in [-0.15, -0.1) is 0 Å². The molecule has 0 atom stereocenters. The van der Waals surface area contributed by atoms with Gasteiger partial charge >= 0.3 is 0 Å². The number of aryl methyl sites for hydroxylation is 1. The lowest BCUT2D eigenvalue weighted by atomic mass is 10.0. The van der Waals surface area contributed by atoms with E-state index < -0.39 is 0 Å². The maximum absolute atomic E-state index is 5.84. The van der Waals surface area contributed by atoms with Crippen LogP contribution in [0.25, 0.3) is 0 Å². The smallest absolute Gasteiger partial charge is 0.220 e. The number of hydrogen-bond donors (Lipinski definition) is 0. The van der Waals surface area contributed by atoms with Gasteiger partial charge in [-0.05, 0) is 36.1 Å². The highest BCUT2D eigenvalue weighted by Gasteiger charge is 2.06. The molecule has 1 aromatic heterocycles. The molecule has 0 bridgehead atoms. The molecule has 94 valence electrons. The number of aromatic nitrogens is 1. The molecule has 1 aromatic carbocycles. The molecule has 18 heavy (non-hydrogen) atoms. The number of nitrogens with zero attached hydrogens (tertiary/aromatic N) is 1. The summed E-state index contributed by atoms with van der Waals surface area (Å²) >= 11 is 5.84. The Bertz CT molecular complexity index is 552. The van der Waals surface area contributed by atoms with E-state index in [2.05, 4.69) is 37.0 Å². The van der Waals surface area contributed by atoms with E-state index in [-0.39, 0.29) is 0 Å². The zero-order chi connectivity index (χ0) is 13.1. The number of halogens is 1. The summed E-state index contributed by atoms with van der Waals surface area (Å²) in [5.74, 6) is 1.82. The molecule has 0 spiro atoms. The average molecular weight is 262 g/mol. The lowest BCUT2D eigenvalue weighted by molar-refractivity contribution is 0.458. The maximum Gasteiger partial charge on any atom is 0.220 e. The van der Waals surface area contributed by atoms with Crippen molar-refractivity contribution in [2.24, 2.45) is 0 Å². The Balaban J connectivity index is 2.30. The summed E-state index contributed by atoms with van der Waals surface area (Å²) in [6.07, 6.45) is 0. The average Bonchev–Trinajstić information content (AvgIpc) is 2.31. The van der Waals surface area contributed by atoms with Gasteiger partial charge in [0.1, 0.15) is 10.9 Å². The highest BCUT2D eigenvalue weighted by atomic mass is 35.5. The van der Waals surface area contributed by atoms with Crippen molar-refractivity contribution in [2.45, 2.75) is 26.7 Å². The van der Waals surface area contributed by atoms with Crippen LogP contribution >= 0.6 is 11.6 Å². The normalized spacial score (nSPS) is 10.7. The van der Waals surface area contributed by atoms with E-state index in [1.807, 2.05) is 13.0 Å². The van der Waals surface area contributed by atoms with Gasteiger partial charge < -0.3 is 4.74 Å². The topological polar surface area (TPSA) is 22.1 Å². The molecular weight excluding hydrogens is 246 g/mol. The van der Waals surface area contributed by atoms with Crippen LogP contribution in [0.1, 0.15) is 30.9 Å². The van der Waals surface area contributed by atoms with E-state index in [1.54, 1.807) is 12.1 Å². The van der Waals surface area contributed by atoms with Gasteiger partial charge in [-0.3, -0.25) is 0 Å². The molecule has 0 aliphatic carbocycles. The van der Waals surface area contributed by atoms with Gasteiger partial charge in [0.15, 0.2) is 0 Å². The van der Waals surface area contributed by atoms with Crippen LogP contribution in [-0.4, -0.2) is 4.98 Å². The Kier molecular flexibility index (Phi) is 3.87. The largest absolute Gasteiger partial charge is 0.439 e. The number of hydrogen-bond acceptors (Lipinski definition) is 2. The quantitative estimate of drug-likeness (QED) is 0.729. The maximum atomic E-state index is 5.84. The van der Waals surface area contributed by atoms with Crippen LogP contribution in [0.5, 0.6) is 11.6 Å². The Morgan fingerprint density at radius 2 is 1.94 bits per heavy atom. The van der Waals surface area contributed by atoms with Crippen molar-refractivity contribution in [3.63, 3.8) is 0 Å². The third-order valence-electron chi connectivity index (χ3n) is 2.78. The zero-order valence-corrected chi connectivity index (χ0v) is 11.5. The van der Waals surface area contributed by atoms with Crippen LogP contribution < -0.4 is 4.74 Å². The van der Waals surface area contributed by atoms with E-state index in [4.69, 9.17) is 16.3 Å². The molecule has 2 rings (SSSR count). The van der Waals surface area contributed by atoms with Gasteiger partial charge in [0, 0.05) is 6.07 Å². The molecule has 0 saturated carbocycles. The Morgan fingerprint density at radius 1 is 1.17 bits per heavy atom. The summed E-state index contributed by atoms with van der Waals surface area (Å²) in [6.45, 7) is 6.34. The van der Waals surface area contributed by atoms with Crippen LogP contribution in [0, 0.1) is 6.92 Å². The van der Waals surface area contributed by atoms with Crippen LogP contribution in [0.3, 0.4) is 0 Å². The first-order chi connectivity index (χ1) is 8.56. The van der Waals surface area contributed by atoms with Crippen LogP contribution in [-0.2, 0) is 0 Å². The molecular formula is C15H16ClNO. The van der Waals surface area contributed by atoms with Crippen molar-refractivity contribution in [1.29, 1.82) is 0 Å². The van der Waals surface area contributed by atoms with E-state index >= 15 is 0 Å². The van der Waals surface area contributed by atoms with Crippen LogP contribution in [0.15, 0.2) is 36.4 Å². The lowest BCUT2D eigenvalue weighted by Crippen LogP contribution is -1.93. The van der Waals surface area contributed by atoms with Gasteiger partial charge in [-0.1, -0.05) is 43.6 Å². The number of benzene rings is 1. The lowest BCUT2D eigenvalue weighted by Gasteiger charge is -2.12. The highest BCUT2D eigenvalue weighted by molar-refractivity contribution is 6.29. The third-order valence-corrected chi connectivity index (χ3v) is 2.99. The SMILES string of the molecule is Cc1ccc(C(C)C)cc1Oc1cccc(Cl)n1. The minimum Gasteiger partial charge on any atom is -0.439 e. The molecule has 0 radical (unpaired) electrons. The van der Waals surface area contributed by atoms with Crippen LogP contribution in [0.2, 0.25) is 5.15 Å². The van der Waals surface area contributed by atoms with E-state index in [1.165, 1.54) is 5.56 Å². The first kappa shape index (κ1) is 12.9. The second-order valence-corrected chi connectivity index (χ2v) is 4.97. The van der Waals surface area contributed by atoms with Gasteiger partial charge in [0.2, 0.25) is 5.88 Å². The van der Waals surface area contributed by atoms with Gasteiger partial charge in [-0.2, -0.15) is 0 Å². The Morgan fingerprint density at radius 3 is 2.61 bits per heavy atom. The number of ether oxygens (including phenoxy) is 1. The fourth-order valence-electron chi connectivity index (χ4n) is 1.64. The Labute approximate surface area is 113 Å². The van der Waals surface area contributed by atoms with Crippen molar-refractivity contribution >= 4 is 11.6 Å². The summed E-state index contributed by atoms with van der Waals surface area (Å²) in [4.78, 5) is 4.13. The zero-order valence-electron chi connectivity index (χ0n) is 10.8. The molecule has 0 unspecified atom stereocenters. The summed E-state index contributed by atoms with van der Waals surface area (Å²) < 4.78 is 5.79. The summed E-state index contributed by atoms with van der Waals surface area (Å²) in [6, 6.07) is 11.6. The number of pyridine rings is 1. The molecule has 0 aliphatic rings. The molecule has 1 heterocycles. The molecule has 2 aromatic rings. The molecule has 0 amide bonds. The van der Waals surface area contributed by atoms with E-state index in [0.717, 1.165) is 11.3 Å². The predicted octanol–water partition coefficient (Wildman–Crippen LogP) is 4.96.